The lowest BCUT2D eigenvalue weighted by Crippen LogP contribution is -2.42. The summed E-state index contributed by atoms with van der Waals surface area (Å²) in [6, 6.07) is 4.39. The summed E-state index contributed by atoms with van der Waals surface area (Å²) in [4.78, 5) is 23.8. The van der Waals surface area contributed by atoms with Crippen molar-refractivity contribution in [1.29, 1.82) is 0 Å². The Bertz CT molecular complexity index is 491. The van der Waals surface area contributed by atoms with Gasteiger partial charge in [-0.15, -0.1) is 0 Å². The number of esters is 1. The number of anilines is 1. The third-order valence-corrected chi connectivity index (χ3v) is 3.58. The van der Waals surface area contributed by atoms with Crippen LogP contribution in [0.3, 0.4) is 0 Å². The minimum Gasteiger partial charge on any atom is -0.467 e. The van der Waals surface area contributed by atoms with Gasteiger partial charge in [0.1, 0.15) is 6.04 Å². The number of thioether (sulfide) groups is 1. The van der Waals surface area contributed by atoms with Crippen LogP contribution in [0.5, 0.6) is 0 Å². The molecule has 1 amide bonds. The molecule has 1 rings (SSSR count). The minimum atomic E-state index is -0.627. The number of aryl methyl sites for hydroxylation is 1. The predicted octanol–water partition coefficient (Wildman–Crippen LogP) is 1.60. The van der Waals surface area contributed by atoms with Crippen LogP contribution < -0.4 is 11.1 Å². The first-order valence-electron chi connectivity index (χ1n) is 6.23. The zero-order valence-electron chi connectivity index (χ0n) is 11.9. The van der Waals surface area contributed by atoms with Crippen LogP contribution >= 0.6 is 11.8 Å². The van der Waals surface area contributed by atoms with Gasteiger partial charge in [-0.05, 0) is 49.1 Å². The van der Waals surface area contributed by atoms with E-state index in [0.29, 0.717) is 17.7 Å². The Morgan fingerprint density at radius 3 is 2.70 bits per heavy atom. The molecule has 0 aliphatic carbocycles. The van der Waals surface area contributed by atoms with Crippen molar-refractivity contribution >= 4 is 29.3 Å². The van der Waals surface area contributed by atoms with Crippen LogP contribution in [0.4, 0.5) is 5.69 Å². The van der Waals surface area contributed by atoms with E-state index in [1.165, 1.54) is 7.11 Å². The van der Waals surface area contributed by atoms with Gasteiger partial charge in [0.05, 0.1) is 7.11 Å². The average molecular weight is 296 g/mol. The molecule has 0 bridgehead atoms. The molecule has 0 radical (unpaired) electrons. The van der Waals surface area contributed by atoms with Gasteiger partial charge in [0.25, 0.3) is 5.91 Å². The van der Waals surface area contributed by atoms with Crippen molar-refractivity contribution in [1.82, 2.24) is 5.32 Å². The third kappa shape index (κ3) is 4.45. The number of nitrogens with one attached hydrogen (secondary N) is 1. The van der Waals surface area contributed by atoms with Crippen molar-refractivity contribution in [2.75, 3.05) is 24.9 Å². The van der Waals surface area contributed by atoms with Crippen LogP contribution in [0.15, 0.2) is 18.2 Å². The highest BCUT2D eigenvalue weighted by Gasteiger charge is 2.21. The molecule has 1 aromatic rings. The second-order valence-corrected chi connectivity index (χ2v) is 5.39. The minimum absolute atomic E-state index is 0.301. The maximum Gasteiger partial charge on any atom is 0.328 e. The maximum absolute atomic E-state index is 12.1. The smallest absolute Gasteiger partial charge is 0.328 e. The summed E-state index contributed by atoms with van der Waals surface area (Å²) in [5.41, 5.74) is 7.66. The molecule has 0 aliphatic heterocycles. The van der Waals surface area contributed by atoms with Gasteiger partial charge in [-0.1, -0.05) is 0 Å². The number of ether oxygens (including phenoxy) is 1. The molecule has 0 fully saturated rings. The summed E-state index contributed by atoms with van der Waals surface area (Å²) in [5.74, 6) is 0.0324. The quantitative estimate of drug-likeness (QED) is 0.615. The highest BCUT2D eigenvalue weighted by atomic mass is 32.2. The molecule has 1 unspecified atom stereocenters. The number of amides is 1. The number of carbonyl (C=O) groups excluding carboxylic acids is 2. The zero-order valence-corrected chi connectivity index (χ0v) is 12.8. The largest absolute Gasteiger partial charge is 0.467 e. The van der Waals surface area contributed by atoms with Crippen molar-refractivity contribution in [2.24, 2.45) is 0 Å². The molecular weight excluding hydrogens is 276 g/mol. The van der Waals surface area contributed by atoms with Crippen LogP contribution in [0.1, 0.15) is 22.3 Å². The van der Waals surface area contributed by atoms with E-state index in [1.54, 1.807) is 30.0 Å². The number of benzene rings is 1. The van der Waals surface area contributed by atoms with Gasteiger partial charge in [0.2, 0.25) is 0 Å². The fraction of sp³-hybridized carbons (Fsp3) is 0.429. The van der Waals surface area contributed by atoms with E-state index in [9.17, 15) is 9.59 Å². The standard InChI is InChI=1S/C14H20N2O3S/c1-9-8-10(4-5-11(9)15)13(17)16-12(6-7-20-3)14(18)19-2/h4-5,8,12H,6-7,15H2,1-3H3,(H,16,17). The number of methoxy groups -OCH3 is 1. The van der Waals surface area contributed by atoms with Crippen molar-refractivity contribution in [3.63, 3.8) is 0 Å². The molecule has 6 heteroatoms. The molecule has 110 valence electrons. The first-order valence-corrected chi connectivity index (χ1v) is 7.62. The fourth-order valence-corrected chi connectivity index (χ4v) is 2.16. The van der Waals surface area contributed by atoms with Gasteiger partial charge in [0, 0.05) is 11.3 Å². The summed E-state index contributed by atoms with van der Waals surface area (Å²) in [6.45, 7) is 1.83. The van der Waals surface area contributed by atoms with Gasteiger partial charge in [0.15, 0.2) is 0 Å². The van der Waals surface area contributed by atoms with E-state index in [0.717, 1.165) is 11.3 Å². The van der Waals surface area contributed by atoms with Crippen molar-refractivity contribution < 1.29 is 14.3 Å². The number of nitrogens with two attached hydrogens (primary N) is 1. The molecule has 5 nitrogen and oxygen atoms in total. The summed E-state index contributed by atoms with van der Waals surface area (Å²) < 4.78 is 4.71. The molecule has 0 heterocycles. The monoisotopic (exact) mass is 296 g/mol. The van der Waals surface area contributed by atoms with Gasteiger partial charge in [-0.2, -0.15) is 11.8 Å². The lowest BCUT2D eigenvalue weighted by molar-refractivity contribution is -0.142. The SMILES string of the molecule is COC(=O)C(CCSC)NC(=O)c1ccc(N)c(C)c1. The van der Waals surface area contributed by atoms with Crippen LogP contribution in [0.2, 0.25) is 0 Å². The summed E-state index contributed by atoms with van der Waals surface area (Å²) >= 11 is 1.61. The Morgan fingerprint density at radius 1 is 1.45 bits per heavy atom. The molecule has 0 aliphatic rings. The molecule has 0 spiro atoms. The normalized spacial score (nSPS) is 11.8. The molecular formula is C14H20N2O3S. The third-order valence-electron chi connectivity index (χ3n) is 2.93. The van der Waals surface area contributed by atoms with E-state index in [2.05, 4.69) is 5.32 Å². The lowest BCUT2D eigenvalue weighted by atomic mass is 10.1. The molecule has 0 saturated heterocycles. The van der Waals surface area contributed by atoms with E-state index >= 15 is 0 Å². The van der Waals surface area contributed by atoms with Gasteiger partial charge < -0.3 is 15.8 Å². The van der Waals surface area contributed by atoms with Crippen molar-refractivity contribution in [2.45, 2.75) is 19.4 Å². The van der Waals surface area contributed by atoms with E-state index in [1.807, 2.05) is 13.2 Å². The number of hydrogen-bond acceptors (Lipinski definition) is 5. The van der Waals surface area contributed by atoms with Crippen LogP contribution in [-0.4, -0.2) is 37.0 Å². The van der Waals surface area contributed by atoms with Crippen molar-refractivity contribution in [3.8, 4) is 0 Å². The Morgan fingerprint density at radius 2 is 2.15 bits per heavy atom. The van der Waals surface area contributed by atoms with Crippen LogP contribution in [0.25, 0.3) is 0 Å². The van der Waals surface area contributed by atoms with Gasteiger partial charge in [-0.25, -0.2) is 4.79 Å². The molecule has 20 heavy (non-hydrogen) atoms. The number of rotatable bonds is 6. The highest BCUT2D eigenvalue weighted by molar-refractivity contribution is 7.98. The molecule has 0 aromatic heterocycles. The van der Waals surface area contributed by atoms with E-state index in [4.69, 9.17) is 10.5 Å². The highest BCUT2D eigenvalue weighted by Crippen LogP contribution is 2.13. The Kier molecular flexibility index (Phi) is 6.38. The number of hydrogen-bond donors (Lipinski definition) is 2. The second-order valence-electron chi connectivity index (χ2n) is 4.40. The van der Waals surface area contributed by atoms with E-state index < -0.39 is 12.0 Å². The first kappa shape index (κ1) is 16.4. The van der Waals surface area contributed by atoms with Crippen LogP contribution in [-0.2, 0) is 9.53 Å². The second kappa shape index (κ2) is 7.79. The van der Waals surface area contributed by atoms with Gasteiger partial charge in [-0.3, -0.25) is 4.79 Å². The number of carbonyl (C=O) groups is 2. The Balaban J connectivity index is 2.78. The first-order chi connectivity index (χ1) is 9.49. The molecule has 0 saturated carbocycles. The van der Waals surface area contributed by atoms with Crippen LogP contribution in [0, 0.1) is 6.92 Å². The van der Waals surface area contributed by atoms with E-state index in [-0.39, 0.29) is 5.91 Å². The molecule has 3 N–H and O–H groups in total. The maximum atomic E-state index is 12.1. The Hall–Kier alpha value is -1.69. The fourth-order valence-electron chi connectivity index (χ4n) is 1.69. The summed E-state index contributed by atoms with van der Waals surface area (Å²) in [7, 11) is 1.31. The summed E-state index contributed by atoms with van der Waals surface area (Å²) in [5, 5.41) is 2.70. The zero-order chi connectivity index (χ0) is 15.1. The lowest BCUT2D eigenvalue weighted by Gasteiger charge is -2.16. The predicted molar refractivity (Wildman–Crippen MR) is 81.9 cm³/mol. The van der Waals surface area contributed by atoms with Crippen molar-refractivity contribution in [3.05, 3.63) is 29.3 Å². The van der Waals surface area contributed by atoms with Gasteiger partial charge >= 0.3 is 5.97 Å². The molecule has 1 aromatic carbocycles. The molecule has 1 atom stereocenters. The average Bonchev–Trinajstić information content (AvgIpc) is 2.45. The number of nitrogen functional groups attached to an aromatic ring is 1. The summed E-state index contributed by atoms with van der Waals surface area (Å²) in [6.07, 6.45) is 2.48. The topological polar surface area (TPSA) is 81.4 Å². The Labute approximate surface area is 123 Å².